The normalized spacial score (nSPS) is 11.4. The Bertz CT molecular complexity index is 726. The van der Waals surface area contributed by atoms with E-state index in [4.69, 9.17) is 10.5 Å². The van der Waals surface area contributed by atoms with Crippen molar-refractivity contribution in [2.45, 2.75) is 11.4 Å². The van der Waals surface area contributed by atoms with E-state index in [1.807, 2.05) is 0 Å². The number of anilines is 1. The first-order valence-corrected chi connectivity index (χ1v) is 9.06. The highest BCUT2D eigenvalue weighted by Gasteiger charge is 2.26. The summed E-state index contributed by atoms with van der Waals surface area (Å²) in [5, 5.41) is 0. The summed E-state index contributed by atoms with van der Waals surface area (Å²) in [5.41, 5.74) is 6.12. The Kier molecular flexibility index (Phi) is 4.92. The first kappa shape index (κ1) is 16.3. The third-order valence-electron chi connectivity index (χ3n) is 2.98. The summed E-state index contributed by atoms with van der Waals surface area (Å²) in [4.78, 5) is 1.04. The highest BCUT2D eigenvalue weighted by Crippen LogP contribution is 2.34. The minimum Gasteiger partial charge on any atom is -0.497 e. The van der Waals surface area contributed by atoms with E-state index >= 15 is 0 Å². The summed E-state index contributed by atoms with van der Waals surface area (Å²) in [5.74, 6) is 0.673. The first-order valence-electron chi connectivity index (χ1n) is 6.01. The molecule has 2 aromatic rings. The Balaban J connectivity index is 2.39. The Labute approximate surface area is 136 Å². The third kappa shape index (κ3) is 3.23. The van der Waals surface area contributed by atoms with Crippen LogP contribution in [0, 0.1) is 0 Å². The number of sulfonamides is 1. The second-order valence-electron chi connectivity index (χ2n) is 4.23. The van der Waals surface area contributed by atoms with Gasteiger partial charge in [-0.3, -0.25) is 4.31 Å². The monoisotopic (exact) mass is 390 g/mol. The van der Waals surface area contributed by atoms with Crippen molar-refractivity contribution < 1.29 is 13.2 Å². The van der Waals surface area contributed by atoms with E-state index in [2.05, 4.69) is 15.9 Å². The fourth-order valence-electron chi connectivity index (χ4n) is 1.75. The lowest BCUT2D eigenvalue weighted by molar-refractivity contribution is 0.415. The molecule has 2 N–H and O–H groups in total. The van der Waals surface area contributed by atoms with E-state index in [1.165, 1.54) is 22.7 Å². The summed E-state index contributed by atoms with van der Waals surface area (Å²) in [7, 11) is -0.552. The van der Waals surface area contributed by atoms with Gasteiger partial charge in [0.05, 0.1) is 16.6 Å². The molecule has 114 valence electrons. The summed E-state index contributed by atoms with van der Waals surface area (Å²) in [6.07, 6.45) is 0. The summed E-state index contributed by atoms with van der Waals surface area (Å²) < 4.78 is 32.2. The number of nitrogens with two attached hydrogens (primary N) is 1. The molecule has 0 bridgehead atoms. The van der Waals surface area contributed by atoms with Gasteiger partial charge in [0.2, 0.25) is 0 Å². The van der Waals surface area contributed by atoms with E-state index in [0.29, 0.717) is 21.8 Å². The van der Waals surface area contributed by atoms with Gasteiger partial charge in [0.15, 0.2) is 0 Å². The van der Waals surface area contributed by atoms with Crippen LogP contribution >= 0.6 is 27.3 Å². The van der Waals surface area contributed by atoms with Crippen molar-refractivity contribution in [3.8, 4) is 5.75 Å². The van der Waals surface area contributed by atoms with E-state index in [0.717, 1.165) is 4.88 Å². The maximum Gasteiger partial charge on any atom is 0.266 e. The number of halogens is 1. The Hall–Kier alpha value is -1.09. The third-order valence-corrected chi connectivity index (χ3v) is 7.04. The number of methoxy groups -OCH3 is 1. The molecule has 0 radical (unpaired) electrons. The number of hydrogen-bond donors (Lipinski definition) is 1. The molecule has 2 rings (SSSR count). The molecule has 0 amide bonds. The molecule has 0 saturated carbocycles. The second-order valence-corrected chi connectivity index (χ2v) is 8.62. The molecule has 0 spiro atoms. The van der Waals surface area contributed by atoms with E-state index in [-0.39, 0.29) is 4.90 Å². The number of rotatable bonds is 5. The largest absolute Gasteiger partial charge is 0.497 e. The number of ether oxygens (including phenoxy) is 1. The van der Waals surface area contributed by atoms with E-state index < -0.39 is 10.0 Å². The minimum absolute atomic E-state index is 0.228. The number of thiophene rings is 1. The average Bonchev–Trinajstić information content (AvgIpc) is 2.88. The fraction of sp³-hybridized carbons (Fsp3) is 0.231. The SMILES string of the molecule is COc1ccc(N(C)S(=O)(=O)c2cc(CN)sc2Br)cc1. The van der Waals surface area contributed by atoms with Gasteiger partial charge in [-0.05, 0) is 46.3 Å². The van der Waals surface area contributed by atoms with Crippen molar-refractivity contribution in [3.63, 3.8) is 0 Å². The quantitative estimate of drug-likeness (QED) is 0.851. The molecule has 1 aromatic heterocycles. The Morgan fingerprint density at radius 1 is 1.33 bits per heavy atom. The molecule has 0 aliphatic rings. The van der Waals surface area contributed by atoms with Gasteiger partial charge in [0.25, 0.3) is 10.0 Å². The number of benzene rings is 1. The lowest BCUT2D eigenvalue weighted by Crippen LogP contribution is -2.26. The van der Waals surface area contributed by atoms with Crippen LogP contribution in [0.3, 0.4) is 0 Å². The molecule has 0 aliphatic carbocycles. The van der Waals surface area contributed by atoms with Crippen LogP contribution in [0.5, 0.6) is 5.75 Å². The van der Waals surface area contributed by atoms with Crippen molar-refractivity contribution in [1.29, 1.82) is 0 Å². The van der Waals surface area contributed by atoms with Crippen LogP contribution in [0.25, 0.3) is 0 Å². The van der Waals surface area contributed by atoms with Crippen molar-refractivity contribution in [1.82, 2.24) is 0 Å². The molecule has 0 saturated heterocycles. The first-order chi connectivity index (χ1) is 9.90. The standard InChI is InChI=1S/C13H15BrN2O3S2/c1-16(9-3-5-10(19-2)6-4-9)21(17,18)12-7-11(8-15)20-13(12)14/h3-7H,8,15H2,1-2H3. The van der Waals surface area contributed by atoms with Gasteiger partial charge in [-0.15, -0.1) is 11.3 Å². The fourth-order valence-corrected chi connectivity index (χ4v) is 5.46. The van der Waals surface area contributed by atoms with Crippen LogP contribution in [-0.4, -0.2) is 22.6 Å². The van der Waals surface area contributed by atoms with Crippen LogP contribution in [0.15, 0.2) is 39.0 Å². The Morgan fingerprint density at radius 2 is 1.95 bits per heavy atom. The van der Waals surface area contributed by atoms with Crippen molar-refractivity contribution in [2.24, 2.45) is 5.73 Å². The highest BCUT2D eigenvalue weighted by atomic mass is 79.9. The molecule has 1 heterocycles. The molecule has 0 aliphatic heterocycles. The number of nitrogens with zero attached hydrogens (tertiary/aromatic N) is 1. The lowest BCUT2D eigenvalue weighted by Gasteiger charge is -2.19. The summed E-state index contributed by atoms with van der Waals surface area (Å²) in [6.45, 7) is 0.311. The van der Waals surface area contributed by atoms with Gasteiger partial charge in [0.1, 0.15) is 10.6 Å². The van der Waals surface area contributed by atoms with E-state index in [1.54, 1.807) is 37.4 Å². The molecule has 21 heavy (non-hydrogen) atoms. The van der Waals surface area contributed by atoms with Gasteiger partial charge in [0, 0.05) is 18.5 Å². The Morgan fingerprint density at radius 3 is 2.43 bits per heavy atom. The maximum absolute atomic E-state index is 12.7. The molecule has 8 heteroatoms. The molecule has 0 unspecified atom stereocenters. The van der Waals surface area contributed by atoms with Crippen LogP contribution in [0.2, 0.25) is 0 Å². The maximum atomic E-state index is 12.7. The van der Waals surface area contributed by atoms with Gasteiger partial charge in [-0.1, -0.05) is 0 Å². The molecule has 0 atom stereocenters. The second kappa shape index (κ2) is 6.35. The van der Waals surface area contributed by atoms with E-state index in [9.17, 15) is 8.42 Å². The smallest absolute Gasteiger partial charge is 0.266 e. The molecule has 0 fully saturated rings. The topological polar surface area (TPSA) is 72.6 Å². The van der Waals surface area contributed by atoms with Gasteiger partial charge in [-0.2, -0.15) is 0 Å². The zero-order valence-electron chi connectivity index (χ0n) is 11.5. The van der Waals surface area contributed by atoms with Gasteiger partial charge in [-0.25, -0.2) is 8.42 Å². The van der Waals surface area contributed by atoms with Crippen molar-refractivity contribution in [3.05, 3.63) is 39.0 Å². The zero-order valence-corrected chi connectivity index (χ0v) is 14.8. The van der Waals surface area contributed by atoms with Gasteiger partial charge >= 0.3 is 0 Å². The van der Waals surface area contributed by atoms with Gasteiger partial charge < -0.3 is 10.5 Å². The van der Waals surface area contributed by atoms with Crippen molar-refractivity contribution >= 4 is 43.0 Å². The average molecular weight is 391 g/mol. The lowest BCUT2D eigenvalue weighted by atomic mass is 10.3. The number of hydrogen-bond acceptors (Lipinski definition) is 5. The highest BCUT2D eigenvalue weighted by molar-refractivity contribution is 9.11. The molecule has 5 nitrogen and oxygen atoms in total. The zero-order chi connectivity index (χ0) is 15.6. The van der Waals surface area contributed by atoms with Crippen molar-refractivity contribution in [2.75, 3.05) is 18.5 Å². The van der Waals surface area contributed by atoms with Crippen LogP contribution in [0.1, 0.15) is 4.88 Å². The predicted molar refractivity (Wildman–Crippen MR) is 88.5 cm³/mol. The van der Waals surface area contributed by atoms with Crippen LogP contribution in [-0.2, 0) is 16.6 Å². The van der Waals surface area contributed by atoms with Crippen LogP contribution in [0.4, 0.5) is 5.69 Å². The predicted octanol–water partition coefficient (Wildman–Crippen LogP) is 2.80. The minimum atomic E-state index is -3.63. The molecule has 1 aromatic carbocycles. The summed E-state index contributed by atoms with van der Waals surface area (Å²) >= 11 is 4.62. The van der Waals surface area contributed by atoms with Crippen LogP contribution < -0.4 is 14.8 Å². The molecular formula is C13H15BrN2O3S2. The summed E-state index contributed by atoms with van der Waals surface area (Å²) in [6, 6.07) is 8.43. The molecular weight excluding hydrogens is 376 g/mol.